The van der Waals surface area contributed by atoms with Crippen LogP contribution in [0.1, 0.15) is 16.8 Å². The zero-order valence-corrected chi connectivity index (χ0v) is 14.1. The molecule has 3 rings (SSSR count). The number of benzene rings is 1. The van der Waals surface area contributed by atoms with Crippen LogP contribution in [0.3, 0.4) is 0 Å². The van der Waals surface area contributed by atoms with Gasteiger partial charge in [0, 0.05) is 38.4 Å². The summed E-state index contributed by atoms with van der Waals surface area (Å²) in [6.45, 7) is 1.45. The Bertz CT molecular complexity index is 648. The van der Waals surface area contributed by atoms with Crippen molar-refractivity contribution in [2.75, 3.05) is 13.6 Å². The quantitative estimate of drug-likeness (QED) is 0.934. The van der Waals surface area contributed by atoms with Crippen molar-refractivity contribution < 1.29 is 4.79 Å². The maximum absolute atomic E-state index is 12.6. The van der Waals surface area contributed by atoms with E-state index in [0.29, 0.717) is 6.54 Å². The lowest BCUT2D eigenvalue weighted by atomic mass is 9.95. The van der Waals surface area contributed by atoms with Gasteiger partial charge in [-0.2, -0.15) is 0 Å². The van der Waals surface area contributed by atoms with E-state index in [1.54, 1.807) is 11.1 Å². The third-order valence-electron chi connectivity index (χ3n) is 4.19. The van der Waals surface area contributed by atoms with Crippen molar-refractivity contribution in [3.63, 3.8) is 0 Å². The Labute approximate surface area is 143 Å². The summed E-state index contributed by atoms with van der Waals surface area (Å²) in [7, 11) is 1.87. The first-order valence-corrected chi connectivity index (χ1v) is 7.69. The summed E-state index contributed by atoms with van der Waals surface area (Å²) in [6, 6.07) is 14.1. The zero-order valence-electron chi connectivity index (χ0n) is 13.2. The molecule has 0 fully saturated rings. The smallest absolute Gasteiger partial charge is 0.239 e. The monoisotopic (exact) mass is 331 g/mol. The van der Waals surface area contributed by atoms with Crippen molar-refractivity contribution in [3.05, 3.63) is 65.5 Å². The Hall–Kier alpha value is -1.91. The maximum Gasteiger partial charge on any atom is 0.239 e. The summed E-state index contributed by atoms with van der Waals surface area (Å²) >= 11 is 0. The molecule has 1 unspecified atom stereocenters. The number of amides is 1. The number of carbonyl (C=O) groups is 1. The normalized spacial score (nSPS) is 16.1. The SMILES string of the molecule is CN(CCc1ccccn1)C(=O)C1Cc2ccccc2CN1.Cl. The van der Waals surface area contributed by atoms with Gasteiger partial charge in [-0.05, 0) is 29.7 Å². The van der Waals surface area contributed by atoms with Crippen molar-refractivity contribution in [1.29, 1.82) is 0 Å². The highest BCUT2D eigenvalue weighted by Crippen LogP contribution is 2.17. The second-order valence-corrected chi connectivity index (χ2v) is 5.74. The second-order valence-electron chi connectivity index (χ2n) is 5.74. The molecule has 23 heavy (non-hydrogen) atoms. The number of carbonyl (C=O) groups excluding carboxylic acids is 1. The summed E-state index contributed by atoms with van der Waals surface area (Å²) in [5.74, 6) is 0.158. The van der Waals surface area contributed by atoms with Crippen LogP contribution in [0.2, 0.25) is 0 Å². The van der Waals surface area contributed by atoms with E-state index in [4.69, 9.17) is 0 Å². The number of halogens is 1. The molecule has 2 aromatic rings. The molecule has 2 heterocycles. The van der Waals surface area contributed by atoms with Crippen molar-refractivity contribution in [2.24, 2.45) is 0 Å². The van der Waals surface area contributed by atoms with Crippen molar-refractivity contribution >= 4 is 18.3 Å². The van der Waals surface area contributed by atoms with Gasteiger partial charge in [-0.3, -0.25) is 9.78 Å². The van der Waals surface area contributed by atoms with Crippen LogP contribution < -0.4 is 5.32 Å². The molecule has 1 aliphatic heterocycles. The first-order chi connectivity index (χ1) is 10.7. The molecule has 1 atom stereocenters. The van der Waals surface area contributed by atoms with E-state index in [9.17, 15) is 4.79 Å². The molecule has 1 amide bonds. The highest BCUT2D eigenvalue weighted by Gasteiger charge is 2.26. The van der Waals surface area contributed by atoms with Crippen molar-refractivity contribution in [3.8, 4) is 0 Å². The minimum Gasteiger partial charge on any atom is -0.344 e. The molecular formula is C18H22ClN3O. The largest absolute Gasteiger partial charge is 0.344 e. The maximum atomic E-state index is 12.6. The summed E-state index contributed by atoms with van der Waals surface area (Å²) < 4.78 is 0. The van der Waals surface area contributed by atoms with Crippen molar-refractivity contribution in [1.82, 2.24) is 15.2 Å². The summed E-state index contributed by atoms with van der Waals surface area (Å²) in [5, 5.41) is 3.35. The number of likely N-dealkylation sites (N-methyl/N-ethyl adjacent to an activating group) is 1. The summed E-state index contributed by atoms with van der Waals surface area (Å²) in [6.07, 6.45) is 3.34. The van der Waals surface area contributed by atoms with Gasteiger partial charge in [-0.25, -0.2) is 0 Å². The van der Waals surface area contributed by atoms with Crippen LogP contribution in [0, 0.1) is 0 Å². The van der Waals surface area contributed by atoms with Crippen LogP contribution >= 0.6 is 12.4 Å². The number of hydrogen-bond acceptors (Lipinski definition) is 3. The van der Waals surface area contributed by atoms with Crippen LogP contribution in [0.5, 0.6) is 0 Å². The molecule has 0 saturated carbocycles. The second kappa shape index (κ2) is 8.09. The highest BCUT2D eigenvalue weighted by molar-refractivity contribution is 5.85. The van der Waals surface area contributed by atoms with Gasteiger partial charge in [0.1, 0.15) is 0 Å². The number of aromatic nitrogens is 1. The molecule has 1 aromatic heterocycles. The standard InChI is InChI=1S/C18H21N3O.ClH/c1-21(11-9-16-8-4-5-10-19-16)18(22)17-12-14-6-2-3-7-15(14)13-20-17;/h2-8,10,17,20H,9,11-13H2,1H3;1H. The number of fused-ring (bicyclic) bond motifs is 1. The van der Waals surface area contributed by atoms with Gasteiger partial charge in [0.05, 0.1) is 6.04 Å². The predicted octanol–water partition coefficient (Wildman–Crippen LogP) is 2.22. The van der Waals surface area contributed by atoms with Gasteiger partial charge in [0.2, 0.25) is 5.91 Å². The Balaban J connectivity index is 0.00000192. The van der Waals surface area contributed by atoms with Gasteiger partial charge in [0.25, 0.3) is 0 Å². The van der Waals surface area contributed by atoms with E-state index >= 15 is 0 Å². The molecule has 1 aromatic carbocycles. The number of nitrogens with one attached hydrogen (secondary N) is 1. The zero-order chi connectivity index (χ0) is 15.4. The van der Waals surface area contributed by atoms with Gasteiger partial charge in [-0.1, -0.05) is 30.3 Å². The first kappa shape index (κ1) is 17.4. The Morgan fingerprint density at radius 3 is 2.70 bits per heavy atom. The lowest BCUT2D eigenvalue weighted by molar-refractivity contribution is -0.132. The molecule has 0 radical (unpaired) electrons. The lowest BCUT2D eigenvalue weighted by Gasteiger charge is -2.29. The topological polar surface area (TPSA) is 45.2 Å². The summed E-state index contributed by atoms with van der Waals surface area (Å²) in [4.78, 5) is 18.7. The molecule has 122 valence electrons. The molecule has 1 N–H and O–H groups in total. The van der Waals surface area contributed by atoms with Crippen LogP contribution in [-0.2, 0) is 24.2 Å². The predicted molar refractivity (Wildman–Crippen MR) is 93.6 cm³/mol. The molecule has 0 spiro atoms. The van der Waals surface area contributed by atoms with Crippen molar-refractivity contribution in [2.45, 2.75) is 25.4 Å². The van der Waals surface area contributed by atoms with E-state index in [-0.39, 0.29) is 24.4 Å². The van der Waals surface area contributed by atoms with E-state index in [1.807, 2.05) is 37.4 Å². The Morgan fingerprint density at radius 1 is 1.22 bits per heavy atom. The van der Waals surface area contributed by atoms with Gasteiger partial charge >= 0.3 is 0 Å². The molecule has 0 aliphatic carbocycles. The van der Waals surface area contributed by atoms with E-state index in [0.717, 1.165) is 25.1 Å². The van der Waals surface area contributed by atoms with Crippen LogP contribution in [0.25, 0.3) is 0 Å². The van der Waals surface area contributed by atoms with E-state index in [2.05, 4.69) is 22.4 Å². The summed E-state index contributed by atoms with van der Waals surface area (Å²) in [5.41, 5.74) is 3.59. The lowest BCUT2D eigenvalue weighted by Crippen LogP contribution is -2.48. The fraction of sp³-hybridized carbons (Fsp3) is 0.333. The van der Waals surface area contributed by atoms with Gasteiger partial charge < -0.3 is 10.2 Å². The fourth-order valence-electron chi connectivity index (χ4n) is 2.83. The Kier molecular flexibility index (Phi) is 6.13. The molecule has 1 aliphatic rings. The van der Waals surface area contributed by atoms with Crippen LogP contribution in [0.4, 0.5) is 0 Å². The van der Waals surface area contributed by atoms with Gasteiger partial charge in [0.15, 0.2) is 0 Å². The average Bonchev–Trinajstić information content (AvgIpc) is 2.59. The van der Waals surface area contributed by atoms with E-state index in [1.165, 1.54) is 11.1 Å². The highest BCUT2D eigenvalue weighted by atomic mass is 35.5. The van der Waals surface area contributed by atoms with Crippen LogP contribution in [0.15, 0.2) is 48.7 Å². The average molecular weight is 332 g/mol. The minimum atomic E-state index is -0.122. The van der Waals surface area contributed by atoms with Gasteiger partial charge in [-0.15, -0.1) is 12.4 Å². The van der Waals surface area contributed by atoms with Crippen LogP contribution in [-0.4, -0.2) is 35.4 Å². The third kappa shape index (κ3) is 4.30. The third-order valence-corrected chi connectivity index (χ3v) is 4.19. The molecule has 5 heteroatoms. The number of pyridine rings is 1. The minimum absolute atomic E-state index is 0. The molecule has 0 saturated heterocycles. The number of hydrogen-bond donors (Lipinski definition) is 1. The molecule has 4 nitrogen and oxygen atoms in total. The number of rotatable bonds is 4. The Morgan fingerprint density at radius 2 is 1.96 bits per heavy atom. The van der Waals surface area contributed by atoms with E-state index < -0.39 is 0 Å². The first-order valence-electron chi connectivity index (χ1n) is 7.69. The number of nitrogens with zero attached hydrogens (tertiary/aromatic N) is 2. The fourth-order valence-corrected chi connectivity index (χ4v) is 2.83. The molecule has 0 bridgehead atoms. The molecular weight excluding hydrogens is 310 g/mol.